The predicted molar refractivity (Wildman–Crippen MR) is 333 cm³/mol. The number of nitriles is 2. The molecule has 0 atom stereocenters. The molecule has 477 valence electrons. The standard InChI is InChI=1S/C19H13F2N3O3S.C19H16FN5O3S.C12H10BrFN2O3S.C7H4BFNO2.H4N2.H2O/c1-27-15-5-6-16(20)19(9-15)28(25,26)24-14-4-7-18(23-11-14)12-2-3-13(10-22)17(21)8-12;1-28-13-4-6-15(20)18(9-13)29(26,27)25-12-3-7-16(22-10-12)11-2-5-14-17(8-11)23-24-19(14)21;1-19-9-3-4-10(14)11(6-9)20(17,18)16-8-2-5-12(13)15-7-8;9-7-3-6(12-8-11)2-1-5(7)4-10;1-2;/h2-9,11,24H,1H3;2-10,25H,1H3,(H3,21,23,24);2-7,16H,1H3;1-3,11H;1-2H2;1H2. The summed E-state index contributed by atoms with van der Waals surface area (Å²) in [5.74, 6) is 5.22. The van der Waals surface area contributed by atoms with E-state index >= 15 is 0 Å². The zero-order valence-corrected chi connectivity index (χ0v) is 51.6. The number of rotatable bonds is 16. The van der Waals surface area contributed by atoms with Crippen LogP contribution >= 0.6 is 15.9 Å². The molecule has 0 saturated carbocycles. The van der Waals surface area contributed by atoms with E-state index in [1.54, 1.807) is 30.3 Å². The Morgan fingerprint density at radius 1 is 0.522 bits per heavy atom. The average molecular weight is 1390 g/mol. The first-order valence-corrected chi connectivity index (χ1v) is 30.4. The summed E-state index contributed by atoms with van der Waals surface area (Å²) in [4.78, 5) is 10.7. The van der Waals surface area contributed by atoms with E-state index in [1.807, 2.05) is 18.2 Å². The topological polar surface area (TPSA) is 420 Å². The Morgan fingerprint density at radius 2 is 0.913 bits per heavy atom. The molecule has 0 unspecified atom stereocenters. The first-order valence-electron chi connectivity index (χ1n) is 25.1. The minimum absolute atomic E-state index is 0. The number of hydrogen-bond acceptors (Lipinski definition) is 20. The van der Waals surface area contributed by atoms with Crippen molar-refractivity contribution < 1.29 is 76.6 Å². The number of pyridine rings is 3. The number of aromatic nitrogens is 5. The van der Waals surface area contributed by atoms with Crippen molar-refractivity contribution in [3.8, 4) is 57.7 Å². The second kappa shape index (κ2) is 32.8. The number of anilines is 4. The van der Waals surface area contributed by atoms with Crippen LogP contribution in [0.15, 0.2) is 183 Å². The lowest BCUT2D eigenvalue weighted by atomic mass is 10.1. The molecule has 92 heavy (non-hydrogen) atoms. The van der Waals surface area contributed by atoms with Crippen LogP contribution in [0.5, 0.6) is 23.0 Å². The summed E-state index contributed by atoms with van der Waals surface area (Å²) in [6, 6.07) is 36.1. The van der Waals surface area contributed by atoms with E-state index in [-0.39, 0.29) is 56.7 Å². The van der Waals surface area contributed by atoms with Crippen LogP contribution in [-0.2, 0) is 30.1 Å². The summed E-state index contributed by atoms with van der Waals surface area (Å²) >= 11 is 3.14. The van der Waals surface area contributed by atoms with Crippen molar-refractivity contribution in [2.45, 2.75) is 14.7 Å². The Hall–Kier alpha value is -10.5. The number of nitrogens with zero attached hydrogens (tertiary/aromatic N) is 6. The third kappa shape index (κ3) is 19.0. The van der Waals surface area contributed by atoms with Crippen LogP contribution in [0.4, 0.5) is 44.8 Å². The molecule has 10 aromatic rings. The maximum atomic E-state index is 14.0. The molecule has 0 spiro atoms. The number of benzene rings is 6. The van der Waals surface area contributed by atoms with Gasteiger partial charge in [-0.15, -0.1) is 0 Å². The Balaban J connectivity index is 0.000000229. The average Bonchev–Trinajstić information content (AvgIpc) is 1.19. The molecule has 13 N–H and O–H groups in total. The first kappa shape index (κ1) is 72.3. The van der Waals surface area contributed by atoms with Crippen molar-refractivity contribution >= 4 is 87.5 Å². The quantitative estimate of drug-likeness (QED) is 0.0148. The number of H-pyrrole nitrogens is 1. The summed E-state index contributed by atoms with van der Waals surface area (Å²) in [5.41, 5.74) is 9.12. The molecule has 6 aromatic carbocycles. The lowest BCUT2D eigenvalue weighted by Crippen LogP contribution is -2.15. The maximum Gasteiger partial charge on any atom is 0.569 e. The molecule has 0 aliphatic heterocycles. The van der Waals surface area contributed by atoms with Crippen LogP contribution in [-0.4, -0.2) is 89.9 Å². The number of nitrogens with one attached hydrogen (secondary N) is 4. The van der Waals surface area contributed by atoms with Gasteiger partial charge in [0.15, 0.2) is 5.82 Å². The van der Waals surface area contributed by atoms with E-state index in [4.69, 9.17) is 35.5 Å². The molecule has 0 aliphatic rings. The Kier molecular flexibility index (Phi) is 25.8. The van der Waals surface area contributed by atoms with Gasteiger partial charge in [0.25, 0.3) is 30.1 Å². The Bertz CT molecular complexity index is 4640. The number of halogens is 6. The molecule has 4 aromatic heterocycles. The predicted octanol–water partition coefficient (Wildman–Crippen LogP) is 8.25. The van der Waals surface area contributed by atoms with Crippen molar-refractivity contribution in [3.63, 3.8) is 0 Å². The minimum atomic E-state index is -4.21. The molecule has 0 bridgehead atoms. The van der Waals surface area contributed by atoms with Gasteiger partial charge in [-0.3, -0.25) is 40.9 Å². The molecule has 35 heteroatoms. The van der Waals surface area contributed by atoms with Gasteiger partial charge >= 0.3 is 7.69 Å². The number of hydrogen-bond donors (Lipinski definition) is 8. The number of ether oxygens (including phenoxy) is 3. The molecule has 25 nitrogen and oxygen atoms in total. The van der Waals surface area contributed by atoms with Gasteiger partial charge in [-0.05, 0) is 125 Å². The second-order valence-electron chi connectivity index (χ2n) is 17.6. The molecule has 0 saturated heterocycles. The van der Waals surface area contributed by atoms with E-state index in [9.17, 15) is 47.2 Å². The molecular formula is C57H49BBrF5N13O12S3. The van der Waals surface area contributed by atoms with E-state index in [2.05, 4.69) is 71.6 Å². The fourth-order valence-corrected chi connectivity index (χ4v) is 11.1. The van der Waals surface area contributed by atoms with Gasteiger partial charge in [0.05, 0.1) is 85.0 Å². The molecule has 0 aliphatic carbocycles. The Labute approximate surface area is 531 Å². The highest BCUT2D eigenvalue weighted by Crippen LogP contribution is 2.30. The highest BCUT2D eigenvalue weighted by atomic mass is 79.9. The van der Waals surface area contributed by atoms with Gasteiger partial charge < -0.3 is 35.1 Å². The third-order valence-corrected chi connectivity index (χ3v) is 16.5. The number of fused-ring (bicyclic) bond motifs is 1. The normalized spacial score (nSPS) is 10.6. The number of nitrogens with two attached hydrogens (primary N) is 3. The van der Waals surface area contributed by atoms with Gasteiger partial charge in [-0.2, -0.15) is 15.6 Å². The van der Waals surface area contributed by atoms with Crippen LogP contribution in [0, 0.1) is 51.7 Å². The van der Waals surface area contributed by atoms with E-state index in [1.165, 1.54) is 101 Å². The summed E-state index contributed by atoms with van der Waals surface area (Å²) in [6.45, 7) is 0. The van der Waals surface area contributed by atoms with Gasteiger partial charge in [-0.25, -0.2) is 52.2 Å². The molecule has 4 heterocycles. The molecular weight excluding hydrogens is 1340 g/mol. The van der Waals surface area contributed by atoms with Gasteiger partial charge in [-0.1, -0.05) is 12.1 Å². The van der Waals surface area contributed by atoms with Crippen molar-refractivity contribution in [1.29, 1.82) is 10.5 Å². The highest BCUT2D eigenvalue weighted by molar-refractivity contribution is 9.10. The van der Waals surface area contributed by atoms with E-state index in [0.29, 0.717) is 35.1 Å². The number of aromatic amines is 1. The summed E-state index contributed by atoms with van der Waals surface area (Å²) in [6.07, 6.45) is 3.90. The van der Waals surface area contributed by atoms with Gasteiger partial charge in [0, 0.05) is 40.8 Å². The molecule has 0 amide bonds. The summed E-state index contributed by atoms with van der Waals surface area (Å²) < 4.78 is 169. The monoisotopic (exact) mass is 1390 g/mol. The smallest absolute Gasteiger partial charge is 0.537 e. The van der Waals surface area contributed by atoms with Crippen LogP contribution in [0.3, 0.4) is 0 Å². The van der Waals surface area contributed by atoms with Crippen LogP contribution < -0.4 is 50.5 Å². The van der Waals surface area contributed by atoms with Gasteiger partial charge in [0.1, 0.15) is 83.5 Å². The summed E-state index contributed by atoms with van der Waals surface area (Å²) in [7, 11) is -7.89. The zero-order chi connectivity index (χ0) is 66.6. The van der Waals surface area contributed by atoms with Crippen molar-refractivity contribution in [2.75, 3.05) is 41.2 Å². The lowest BCUT2D eigenvalue weighted by molar-refractivity contribution is 0.411. The van der Waals surface area contributed by atoms with Crippen LogP contribution in [0.25, 0.3) is 33.4 Å². The van der Waals surface area contributed by atoms with E-state index < -0.39 is 73.8 Å². The molecule has 1 radical (unpaired) electrons. The second-order valence-corrected chi connectivity index (χ2v) is 23.4. The van der Waals surface area contributed by atoms with E-state index in [0.717, 1.165) is 65.0 Å². The number of nitrogen functional groups attached to an aromatic ring is 1. The van der Waals surface area contributed by atoms with Crippen molar-refractivity contribution in [2.24, 2.45) is 11.7 Å². The van der Waals surface area contributed by atoms with Crippen molar-refractivity contribution in [1.82, 2.24) is 25.1 Å². The maximum absolute atomic E-state index is 14.0. The zero-order valence-electron chi connectivity index (χ0n) is 47.6. The van der Waals surface area contributed by atoms with Crippen molar-refractivity contribution in [3.05, 3.63) is 209 Å². The number of hydrazine groups is 1. The first-order chi connectivity index (χ1) is 43.4. The fourth-order valence-electron chi connectivity index (χ4n) is 7.45. The third-order valence-electron chi connectivity index (χ3n) is 11.8. The fraction of sp³-hybridized carbons (Fsp3) is 0.0526. The Morgan fingerprint density at radius 3 is 1.28 bits per heavy atom. The molecule has 0 fully saturated rings. The van der Waals surface area contributed by atoms with Crippen LogP contribution in [0.2, 0.25) is 0 Å². The minimum Gasteiger partial charge on any atom is -0.537 e. The highest BCUT2D eigenvalue weighted by Gasteiger charge is 2.24. The largest absolute Gasteiger partial charge is 0.569 e. The number of sulfonamides is 3. The molecule has 10 rings (SSSR count). The van der Waals surface area contributed by atoms with Crippen LogP contribution in [0.1, 0.15) is 11.1 Å². The number of methoxy groups -OCH3 is 3. The van der Waals surface area contributed by atoms with Gasteiger partial charge in [0.2, 0.25) is 0 Å². The SMILES string of the molecule is COc1ccc(F)c(S(=O)(=O)Nc2ccc(-c3ccc(C#N)c(F)c3)nc2)c1.COc1ccc(F)c(S(=O)(=O)Nc2ccc(-c3ccc4c(N)n[nH]c4c3)nc2)c1.COc1ccc(F)c(S(=O)(=O)Nc2ccc(Br)nc2)c1.N#Cc1ccc(O[B]O)cc1F.NN.O. The summed E-state index contributed by atoms with van der Waals surface area (Å²) in [5, 5.41) is 32.9. The lowest BCUT2D eigenvalue weighted by Gasteiger charge is -2.10.